The topological polar surface area (TPSA) is 87.5 Å². The highest BCUT2D eigenvalue weighted by Crippen LogP contribution is 2.27. The summed E-state index contributed by atoms with van der Waals surface area (Å²) in [4.78, 5) is 2.48. The van der Waals surface area contributed by atoms with Crippen LogP contribution in [0, 0.1) is 0 Å². The summed E-state index contributed by atoms with van der Waals surface area (Å²) in [5.74, 6) is 0. The lowest BCUT2D eigenvalue weighted by molar-refractivity contribution is 0.257. The molecule has 0 bridgehead atoms. The van der Waals surface area contributed by atoms with Gasteiger partial charge < -0.3 is 11.1 Å². The molecule has 6 nitrogen and oxygen atoms in total. The zero-order chi connectivity index (χ0) is 15.6. The van der Waals surface area contributed by atoms with Crippen molar-refractivity contribution in [1.82, 2.24) is 9.62 Å². The minimum Gasteiger partial charge on any atom is -0.398 e. The first-order chi connectivity index (χ1) is 9.85. The summed E-state index contributed by atoms with van der Waals surface area (Å²) in [6, 6.07) is 6.06. The van der Waals surface area contributed by atoms with Gasteiger partial charge in [0.15, 0.2) is 0 Å². The van der Waals surface area contributed by atoms with Gasteiger partial charge in [-0.15, -0.1) is 0 Å². The van der Waals surface area contributed by atoms with E-state index >= 15 is 0 Å². The van der Waals surface area contributed by atoms with Crippen molar-refractivity contribution in [3.63, 3.8) is 0 Å². The number of nitrogens with two attached hydrogens (primary N) is 1. The Morgan fingerprint density at radius 3 is 2.62 bits per heavy atom. The highest BCUT2D eigenvalue weighted by atomic mass is 32.2. The van der Waals surface area contributed by atoms with E-state index in [-0.39, 0.29) is 10.6 Å². The molecule has 4 N–H and O–H groups in total. The maximum atomic E-state index is 11.8. The van der Waals surface area contributed by atoms with Crippen molar-refractivity contribution in [2.24, 2.45) is 0 Å². The van der Waals surface area contributed by atoms with Gasteiger partial charge in [0.05, 0.1) is 5.69 Å². The molecule has 1 saturated carbocycles. The van der Waals surface area contributed by atoms with E-state index < -0.39 is 10.0 Å². The molecule has 7 heteroatoms. The van der Waals surface area contributed by atoms with Gasteiger partial charge in [-0.2, -0.15) is 0 Å². The maximum absolute atomic E-state index is 11.8. The van der Waals surface area contributed by atoms with Crippen LogP contribution in [-0.4, -0.2) is 46.0 Å². The molecule has 1 aromatic carbocycles. The van der Waals surface area contributed by atoms with Crippen molar-refractivity contribution in [1.29, 1.82) is 0 Å². The van der Waals surface area contributed by atoms with E-state index in [1.165, 1.54) is 26.0 Å². The van der Waals surface area contributed by atoms with Crippen molar-refractivity contribution in [3.05, 3.63) is 18.2 Å². The average molecular weight is 312 g/mol. The summed E-state index contributed by atoms with van der Waals surface area (Å²) in [5.41, 5.74) is 6.92. The van der Waals surface area contributed by atoms with E-state index in [1.54, 1.807) is 12.1 Å². The molecule has 1 fully saturated rings. The molecule has 0 aromatic heterocycles. The molecule has 0 aliphatic heterocycles. The normalized spacial score (nSPS) is 17.0. The fourth-order valence-corrected chi connectivity index (χ4v) is 3.10. The number of hydrogen-bond acceptors (Lipinski definition) is 5. The van der Waals surface area contributed by atoms with Crippen LogP contribution in [0.1, 0.15) is 19.8 Å². The monoisotopic (exact) mass is 312 g/mol. The number of likely N-dealkylation sites (N-methyl/N-ethyl adjacent to an activating group) is 1. The van der Waals surface area contributed by atoms with Gasteiger partial charge in [-0.3, -0.25) is 4.90 Å². The molecule has 1 aliphatic rings. The third-order valence-corrected chi connectivity index (χ3v) is 5.48. The van der Waals surface area contributed by atoms with Crippen molar-refractivity contribution in [2.45, 2.75) is 36.7 Å². The zero-order valence-electron chi connectivity index (χ0n) is 12.8. The van der Waals surface area contributed by atoms with Gasteiger partial charge in [-0.25, -0.2) is 13.1 Å². The number of hydrogen-bond donors (Lipinski definition) is 3. The van der Waals surface area contributed by atoms with Crippen LogP contribution >= 0.6 is 0 Å². The van der Waals surface area contributed by atoms with Crippen LogP contribution in [0.2, 0.25) is 0 Å². The first-order valence-corrected chi connectivity index (χ1v) is 8.62. The summed E-state index contributed by atoms with van der Waals surface area (Å²) in [5, 5.41) is 3.31. The van der Waals surface area contributed by atoms with Gasteiger partial charge in [0, 0.05) is 24.3 Å². The maximum Gasteiger partial charge on any atom is 0.242 e. The summed E-state index contributed by atoms with van der Waals surface area (Å²) in [6.07, 6.45) is 2.56. The second-order valence-corrected chi connectivity index (χ2v) is 7.44. The Kier molecular flexibility index (Phi) is 4.75. The van der Waals surface area contributed by atoms with E-state index in [4.69, 9.17) is 5.73 Å². The second kappa shape index (κ2) is 6.21. The highest BCUT2D eigenvalue weighted by molar-refractivity contribution is 7.89. The summed E-state index contributed by atoms with van der Waals surface area (Å²) in [7, 11) is 0.00688. The highest BCUT2D eigenvalue weighted by Gasteiger charge is 2.28. The molecule has 0 radical (unpaired) electrons. The third kappa shape index (κ3) is 3.87. The number of anilines is 2. The number of rotatable bonds is 7. The molecule has 1 unspecified atom stereocenters. The average Bonchev–Trinajstić information content (AvgIpc) is 3.28. The standard InChI is InChI=1S/C14H24N4O2S/c1-10(18(3)12-5-6-12)9-17-11-4-7-14(13(15)8-11)21(19,20)16-2/h4,7-8,10,12,16-17H,5-6,9,15H2,1-3H3. The van der Waals surface area contributed by atoms with Crippen LogP contribution in [0.15, 0.2) is 23.1 Å². The number of nitrogen functional groups attached to an aromatic ring is 1. The molecule has 1 atom stereocenters. The van der Waals surface area contributed by atoms with Crippen LogP contribution < -0.4 is 15.8 Å². The molecule has 21 heavy (non-hydrogen) atoms. The fourth-order valence-electron chi connectivity index (χ4n) is 2.26. The molecule has 0 spiro atoms. The summed E-state index contributed by atoms with van der Waals surface area (Å²) in [6.45, 7) is 2.97. The fraction of sp³-hybridized carbons (Fsp3) is 0.571. The van der Waals surface area contributed by atoms with Crippen molar-refractivity contribution >= 4 is 21.4 Å². The predicted molar refractivity (Wildman–Crippen MR) is 85.8 cm³/mol. The van der Waals surface area contributed by atoms with Crippen molar-refractivity contribution < 1.29 is 8.42 Å². The molecular weight excluding hydrogens is 288 g/mol. The van der Waals surface area contributed by atoms with E-state index in [9.17, 15) is 8.42 Å². The number of benzene rings is 1. The van der Waals surface area contributed by atoms with Crippen molar-refractivity contribution in [2.75, 3.05) is 31.7 Å². The number of sulfonamides is 1. The third-order valence-electron chi connectivity index (χ3n) is 3.99. The van der Waals surface area contributed by atoms with Gasteiger partial charge >= 0.3 is 0 Å². The van der Waals surface area contributed by atoms with E-state index in [0.717, 1.165) is 18.3 Å². The van der Waals surface area contributed by atoms with Crippen LogP contribution in [0.25, 0.3) is 0 Å². The van der Waals surface area contributed by atoms with Gasteiger partial charge in [0.25, 0.3) is 0 Å². The van der Waals surface area contributed by atoms with Crippen LogP contribution in [0.3, 0.4) is 0 Å². The van der Waals surface area contributed by atoms with Crippen molar-refractivity contribution in [3.8, 4) is 0 Å². The zero-order valence-corrected chi connectivity index (χ0v) is 13.6. The molecule has 0 amide bonds. The first-order valence-electron chi connectivity index (χ1n) is 7.14. The minimum atomic E-state index is -3.50. The number of nitrogens with one attached hydrogen (secondary N) is 2. The second-order valence-electron chi connectivity index (χ2n) is 5.59. The molecule has 1 aromatic rings. The minimum absolute atomic E-state index is 0.110. The van der Waals surface area contributed by atoms with E-state index in [0.29, 0.717) is 6.04 Å². The molecule has 2 rings (SSSR count). The van der Waals surface area contributed by atoms with Crippen LogP contribution in [0.4, 0.5) is 11.4 Å². The van der Waals surface area contributed by atoms with Gasteiger partial charge in [0.1, 0.15) is 4.90 Å². The smallest absolute Gasteiger partial charge is 0.242 e. The van der Waals surface area contributed by atoms with Crippen LogP contribution in [0.5, 0.6) is 0 Å². The molecule has 1 aliphatic carbocycles. The Hall–Kier alpha value is -1.31. The number of nitrogens with zero attached hydrogens (tertiary/aromatic N) is 1. The van der Waals surface area contributed by atoms with Gasteiger partial charge in [0.2, 0.25) is 10.0 Å². The SMILES string of the molecule is CNS(=O)(=O)c1ccc(NCC(C)N(C)C2CC2)cc1N. The first kappa shape index (κ1) is 16.1. The summed E-state index contributed by atoms with van der Waals surface area (Å²) < 4.78 is 25.8. The lowest BCUT2D eigenvalue weighted by Crippen LogP contribution is -2.36. The molecule has 118 valence electrons. The van der Waals surface area contributed by atoms with Gasteiger partial charge in [-0.1, -0.05) is 0 Å². The lowest BCUT2D eigenvalue weighted by Gasteiger charge is -2.25. The Morgan fingerprint density at radius 1 is 1.43 bits per heavy atom. The van der Waals surface area contributed by atoms with Gasteiger partial charge in [-0.05, 0) is 52.1 Å². The van der Waals surface area contributed by atoms with E-state index in [1.807, 2.05) is 0 Å². The largest absolute Gasteiger partial charge is 0.398 e. The molecule has 0 saturated heterocycles. The Bertz CT molecular complexity index is 599. The lowest BCUT2D eigenvalue weighted by atomic mass is 10.2. The summed E-state index contributed by atoms with van der Waals surface area (Å²) >= 11 is 0. The Labute approximate surface area is 126 Å². The van der Waals surface area contributed by atoms with Crippen LogP contribution in [-0.2, 0) is 10.0 Å². The predicted octanol–water partition coefficient (Wildman–Crippen LogP) is 1.07. The van der Waals surface area contributed by atoms with E-state index in [2.05, 4.69) is 28.9 Å². The quantitative estimate of drug-likeness (QED) is 0.656. The molecular formula is C14H24N4O2S. The molecule has 0 heterocycles. The Morgan fingerprint density at radius 2 is 2.10 bits per heavy atom. The Balaban J connectivity index is 2.00.